The lowest BCUT2D eigenvalue weighted by Crippen LogP contribution is -2.61. The summed E-state index contributed by atoms with van der Waals surface area (Å²) >= 11 is 1.51. The zero-order valence-corrected chi connectivity index (χ0v) is 16.8. The van der Waals surface area contributed by atoms with Crippen molar-refractivity contribution in [2.45, 2.75) is 62.5 Å². The van der Waals surface area contributed by atoms with Gasteiger partial charge in [0, 0.05) is 48.7 Å². The first-order valence-electron chi connectivity index (χ1n) is 10.0. The van der Waals surface area contributed by atoms with Crippen molar-refractivity contribution in [3.8, 4) is 0 Å². The minimum atomic E-state index is -1.09. The van der Waals surface area contributed by atoms with Crippen LogP contribution in [0.5, 0.6) is 0 Å². The van der Waals surface area contributed by atoms with E-state index in [1.165, 1.54) is 16.7 Å². The van der Waals surface area contributed by atoms with Gasteiger partial charge in [0.05, 0.1) is 18.1 Å². The van der Waals surface area contributed by atoms with E-state index in [1.54, 1.807) is 6.92 Å². The fourth-order valence-corrected chi connectivity index (χ4v) is 6.35. The first kappa shape index (κ1) is 19.7. The summed E-state index contributed by atoms with van der Waals surface area (Å²) in [5.74, 6) is -1.71. The standard InChI is InChI=1S/C19H27N3O5S/c1-10(23)16-13-8-14(17(19(26)27)22(13)18(16)25)28-12-6-11(20-9-12)7-15(24)21-4-2-3-5-21/h10-13,16,20,23H,2-9H2,1H3,(H,26,27)/t10-,11+,12+,13-,16-/m1/s1. The van der Waals surface area contributed by atoms with E-state index in [-0.39, 0.29) is 34.8 Å². The van der Waals surface area contributed by atoms with Crippen molar-refractivity contribution < 1.29 is 24.6 Å². The summed E-state index contributed by atoms with van der Waals surface area (Å²) in [5, 5.41) is 23.0. The maximum Gasteiger partial charge on any atom is 0.353 e. The zero-order chi connectivity index (χ0) is 20.0. The number of thioether (sulfide) groups is 1. The monoisotopic (exact) mass is 409 g/mol. The molecular weight excluding hydrogens is 382 g/mol. The van der Waals surface area contributed by atoms with Crippen LogP contribution < -0.4 is 5.32 Å². The van der Waals surface area contributed by atoms with Gasteiger partial charge in [-0.2, -0.15) is 0 Å². The number of hydrogen-bond acceptors (Lipinski definition) is 6. The van der Waals surface area contributed by atoms with Crippen molar-refractivity contribution in [3.63, 3.8) is 0 Å². The lowest BCUT2D eigenvalue weighted by atomic mass is 9.83. The number of rotatable bonds is 6. The highest BCUT2D eigenvalue weighted by molar-refractivity contribution is 8.03. The van der Waals surface area contributed by atoms with Gasteiger partial charge < -0.3 is 25.3 Å². The molecule has 8 nitrogen and oxygen atoms in total. The fraction of sp³-hybridized carbons (Fsp3) is 0.737. The number of fused-ring (bicyclic) bond motifs is 1. The molecule has 4 rings (SSSR count). The first-order valence-corrected chi connectivity index (χ1v) is 10.9. The third-order valence-electron chi connectivity index (χ3n) is 6.26. The van der Waals surface area contributed by atoms with E-state index in [0.717, 1.165) is 38.9 Å². The van der Waals surface area contributed by atoms with Crippen LogP contribution in [0.15, 0.2) is 10.6 Å². The Balaban J connectivity index is 1.37. The minimum absolute atomic E-state index is 0.0773. The highest BCUT2D eigenvalue weighted by atomic mass is 32.2. The Labute approximate surface area is 168 Å². The number of β-lactam (4-membered cyclic amide) rings is 1. The smallest absolute Gasteiger partial charge is 0.353 e. The number of hydrogen-bond donors (Lipinski definition) is 3. The van der Waals surface area contributed by atoms with Crippen LogP contribution in [0.4, 0.5) is 0 Å². The molecule has 3 fully saturated rings. The molecule has 4 heterocycles. The van der Waals surface area contributed by atoms with Gasteiger partial charge in [0.15, 0.2) is 0 Å². The number of carboxylic acids is 1. The SMILES string of the molecule is C[C@@H](O)[C@H]1C(=O)N2C(C(=O)O)=C(S[C@@H]3CN[C@H](CC(=O)N4CCCC4)C3)C[C@H]12. The molecule has 4 aliphatic rings. The molecule has 0 aromatic heterocycles. The number of carbonyl (C=O) groups is 3. The summed E-state index contributed by atoms with van der Waals surface area (Å²) in [6, 6.07) is -0.132. The molecule has 9 heteroatoms. The molecule has 0 saturated carbocycles. The number of aliphatic hydroxyl groups is 1. The lowest BCUT2D eigenvalue weighted by Gasteiger charge is -2.44. The third-order valence-corrected chi connectivity index (χ3v) is 7.60. The van der Waals surface area contributed by atoms with Crippen LogP contribution in [0.2, 0.25) is 0 Å². The van der Waals surface area contributed by atoms with E-state index in [2.05, 4.69) is 5.32 Å². The van der Waals surface area contributed by atoms with Gasteiger partial charge in [-0.25, -0.2) is 4.79 Å². The number of carbonyl (C=O) groups excluding carboxylic acids is 2. The highest BCUT2D eigenvalue weighted by Crippen LogP contribution is 2.48. The van der Waals surface area contributed by atoms with Gasteiger partial charge in [0.2, 0.25) is 11.8 Å². The number of aliphatic hydroxyl groups excluding tert-OH is 1. The second-order valence-electron chi connectivity index (χ2n) is 8.20. The fourth-order valence-electron chi connectivity index (χ4n) is 4.87. The molecule has 28 heavy (non-hydrogen) atoms. The molecule has 0 aromatic carbocycles. The van der Waals surface area contributed by atoms with Crippen LogP contribution in [-0.2, 0) is 14.4 Å². The number of aliphatic carboxylic acids is 1. The molecule has 0 aliphatic carbocycles. The highest BCUT2D eigenvalue weighted by Gasteiger charge is 2.57. The molecule has 0 aromatic rings. The van der Waals surface area contributed by atoms with E-state index in [1.807, 2.05) is 4.90 Å². The summed E-state index contributed by atoms with van der Waals surface area (Å²) in [5.41, 5.74) is 0.0773. The predicted octanol–water partition coefficient (Wildman–Crippen LogP) is 0.370. The van der Waals surface area contributed by atoms with Gasteiger partial charge in [-0.05, 0) is 26.2 Å². The van der Waals surface area contributed by atoms with E-state index in [4.69, 9.17) is 0 Å². The van der Waals surface area contributed by atoms with Gasteiger partial charge in [0.1, 0.15) is 5.70 Å². The summed E-state index contributed by atoms with van der Waals surface area (Å²) in [6.07, 6.45) is 3.17. The van der Waals surface area contributed by atoms with Crippen LogP contribution in [0.3, 0.4) is 0 Å². The number of carboxylic acid groups (broad SMARTS) is 1. The Hall–Kier alpha value is -1.58. The number of nitrogens with one attached hydrogen (secondary N) is 1. The summed E-state index contributed by atoms with van der Waals surface area (Å²) < 4.78 is 0. The molecule has 3 N–H and O–H groups in total. The molecule has 0 bridgehead atoms. The Kier molecular flexibility index (Phi) is 5.41. The van der Waals surface area contributed by atoms with Crippen LogP contribution >= 0.6 is 11.8 Å². The van der Waals surface area contributed by atoms with E-state index >= 15 is 0 Å². The van der Waals surface area contributed by atoms with Crippen LogP contribution in [0.1, 0.15) is 39.0 Å². The van der Waals surface area contributed by atoms with E-state index < -0.39 is 18.0 Å². The maximum absolute atomic E-state index is 12.3. The van der Waals surface area contributed by atoms with Gasteiger partial charge in [-0.3, -0.25) is 9.59 Å². The first-order chi connectivity index (χ1) is 13.4. The average molecular weight is 410 g/mol. The van der Waals surface area contributed by atoms with Gasteiger partial charge >= 0.3 is 5.97 Å². The normalized spacial score (nSPS) is 33.3. The second kappa shape index (κ2) is 7.68. The molecule has 154 valence electrons. The van der Waals surface area contributed by atoms with Crippen LogP contribution in [0.25, 0.3) is 0 Å². The average Bonchev–Trinajstić information content (AvgIpc) is 3.34. The van der Waals surface area contributed by atoms with Crippen molar-refractivity contribution in [1.82, 2.24) is 15.1 Å². The van der Waals surface area contributed by atoms with Gasteiger partial charge in [0.25, 0.3) is 0 Å². The van der Waals surface area contributed by atoms with E-state index in [9.17, 15) is 24.6 Å². The van der Waals surface area contributed by atoms with Crippen molar-refractivity contribution in [1.29, 1.82) is 0 Å². The predicted molar refractivity (Wildman–Crippen MR) is 103 cm³/mol. The van der Waals surface area contributed by atoms with Gasteiger partial charge in [-0.15, -0.1) is 11.8 Å². The van der Waals surface area contributed by atoms with Crippen molar-refractivity contribution in [2.24, 2.45) is 5.92 Å². The molecule has 5 atom stereocenters. The second-order valence-corrected chi connectivity index (χ2v) is 9.59. The van der Waals surface area contributed by atoms with Crippen LogP contribution in [0, 0.1) is 5.92 Å². The Morgan fingerprint density at radius 1 is 1.32 bits per heavy atom. The molecule has 0 unspecified atom stereocenters. The molecule has 0 spiro atoms. The molecule has 4 aliphatic heterocycles. The Morgan fingerprint density at radius 2 is 2.04 bits per heavy atom. The minimum Gasteiger partial charge on any atom is -0.477 e. The third kappa shape index (κ3) is 3.44. The molecule has 2 amide bonds. The van der Waals surface area contributed by atoms with Crippen molar-refractivity contribution >= 4 is 29.5 Å². The van der Waals surface area contributed by atoms with Crippen molar-refractivity contribution in [2.75, 3.05) is 19.6 Å². The topological polar surface area (TPSA) is 110 Å². The van der Waals surface area contributed by atoms with Crippen LogP contribution in [-0.4, -0.2) is 80.9 Å². The summed E-state index contributed by atoms with van der Waals surface area (Å²) in [6.45, 7) is 4.01. The molecule has 3 saturated heterocycles. The zero-order valence-electron chi connectivity index (χ0n) is 16.0. The summed E-state index contributed by atoms with van der Waals surface area (Å²) in [4.78, 5) is 40.4. The van der Waals surface area contributed by atoms with Crippen molar-refractivity contribution in [3.05, 3.63) is 10.6 Å². The number of amides is 2. The lowest BCUT2D eigenvalue weighted by molar-refractivity contribution is -0.161. The summed E-state index contributed by atoms with van der Waals surface area (Å²) in [7, 11) is 0. The quantitative estimate of drug-likeness (QED) is 0.544. The molecule has 0 radical (unpaired) electrons. The Morgan fingerprint density at radius 3 is 2.68 bits per heavy atom. The number of nitrogens with zero attached hydrogens (tertiary/aromatic N) is 2. The van der Waals surface area contributed by atoms with E-state index in [0.29, 0.717) is 17.7 Å². The maximum atomic E-state index is 12.3. The largest absolute Gasteiger partial charge is 0.477 e. The van der Waals surface area contributed by atoms with Gasteiger partial charge in [-0.1, -0.05) is 0 Å². The molecular formula is C19H27N3O5S. The number of likely N-dealkylation sites (tertiary alicyclic amines) is 1. The Bertz CT molecular complexity index is 718.